The second-order valence-electron chi connectivity index (χ2n) is 5.55. The van der Waals surface area contributed by atoms with E-state index in [-0.39, 0.29) is 12.2 Å². The summed E-state index contributed by atoms with van der Waals surface area (Å²) in [5, 5.41) is 3.11. The maximum Gasteiger partial charge on any atom is 0.410 e. The van der Waals surface area contributed by atoms with Gasteiger partial charge in [-0.05, 0) is 38.4 Å². The van der Waals surface area contributed by atoms with E-state index in [1.165, 1.54) is 0 Å². The van der Waals surface area contributed by atoms with E-state index in [0.717, 1.165) is 38.0 Å². The van der Waals surface area contributed by atoms with Crippen molar-refractivity contribution in [1.82, 2.24) is 10.2 Å². The molecule has 0 bridgehead atoms. The Morgan fingerprint density at radius 2 is 2.00 bits per heavy atom. The van der Waals surface area contributed by atoms with Crippen LogP contribution in [0.4, 0.5) is 4.79 Å². The Morgan fingerprint density at radius 1 is 1.27 bits per heavy atom. The van der Waals surface area contributed by atoms with Gasteiger partial charge in [0.15, 0.2) is 0 Å². The van der Waals surface area contributed by atoms with Crippen molar-refractivity contribution in [3.63, 3.8) is 0 Å². The summed E-state index contributed by atoms with van der Waals surface area (Å²) in [6, 6.07) is 9.75. The molecule has 0 radical (unpaired) electrons. The maximum atomic E-state index is 12.0. The standard InChI is InChI=1S/C17H26N2O3/c1-18-10-5-13-21-16-8-11-19(12-9-16)17(20)22-14-15-6-3-2-4-7-15/h2-4,6-7,16,18H,5,8-14H2,1H3. The zero-order valence-corrected chi connectivity index (χ0v) is 13.3. The largest absolute Gasteiger partial charge is 0.445 e. The van der Waals surface area contributed by atoms with Gasteiger partial charge < -0.3 is 19.7 Å². The van der Waals surface area contributed by atoms with Gasteiger partial charge in [0.25, 0.3) is 0 Å². The number of rotatable bonds is 7. The Morgan fingerprint density at radius 3 is 2.68 bits per heavy atom. The van der Waals surface area contributed by atoms with Crippen LogP contribution < -0.4 is 5.32 Å². The average molecular weight is 306 g/mol. The summed E-state index contributed by atoms with van der Waals surface area (Å²) < 4.78 is 11.2. The number of hydrogen-bond donors (Lipinski definition) is 1. The maximum absolute atomic E-state index is 12.0. The van der Waals surface area contributed by atoms with Gasteiger partial charge in [-0.1, -0.05) is 30.3 Å². The SMILES string of the molecule is CNCCCOC1CCN(C(=O)OCc2ccccc2)CC1. The van der Waals surface area contributed by atoms with E-state index >= 15 is 0 Å². The van der Waals surface area contributed by atoms with Crippen LogP contribution in [0.1, 0.15) is 24.8 Å². The zero-order chi connectivity index (χ0) is 15.6. The molecule has 0 spiro atoms. The molecule has 0 aromatic heterocycles. The fourth-order valence-electron chi connectivity index (χ4n) is 2.51. The Bertz CT molecular complexity index is 431. The van der Waals surface area contributed by atoms with Crippen LogP contribution >= 0.6 is 0 Å². The van der Waals surface area contributed by atoms with E-state index in [4.69, 9.17) is 9.47 Å². The second-order valence-corrected chi connectivity index (χ2v) is 5.55. The van der Waals surface area contributed by atoms with Gasteiger partial charge in [0.1, 0.15) is 6.61 Å². The van der Waals surface area contributed by atoms with Crippen molar-refractivity contribution in [2.75, 3.05) is 33.3 Å². The van der Waals surface area contributed by atoms with Crippen molar-refractivity contribution in [1.29, 1.82) is 0 Å². The molecule has 0 unspecified atom stereocenters. The number of nitrogens with one attached hydrogen (secondary N) is 1. The third-order valence-corrected chi connectivity index (χ3v) is 3.83. The van der Waals surface area contributed by atoms with Crippen LogP contribution in [0.15, 0.2) is 30.3 Å². The van der Waals surface area contributed by atoms with Gasteiger partial charge in [0, 0.05) is 19.7 Å². The van der Waals surface area contributed by atoms with Crippen LogP contribution in [0.25, 0.3) is 0 Å². The van der Waals surface area contributed by atoms with Gasteiger partial charge >= 0.3 is 6.09 Å². The Balaban J connectivity index is 1.62. The monoisotopic (exact) mass is 306 g/mol. The molecule has 1 amide bonds. The van der Waals surface area contributed by atoms with Gasteiger partial charge in [-0.2, -0.15) is 0 Å². The first-order valence-electron chi connectivity index (χ1n) is 8.01. The Labute approximate surface area is 132 Å². The van der Waals surface area contributed by atoms with Gasteiger partial charge in [0.2, 0.25) is 0 Å². The summed E-state index contributed by atoms with van der Waals surface area (Å²) >= 11 is 0. The summed E-state index contributed by atoms with van der Waals surface area (Å²) in [5.74, 6) is 0. The van der Waals surface area contributed by atoms with Crippen molar-refractivity contribution >= 4 is 6.09 Å². The topological polar surface area (TPSA) is 50.8 Å². The molecule has 1 fully saturated rings. The highest BCUT2D eigenvalue weighted by molar-refractivity contribution is 5.67. The van der Waals surface area contributed by atoms with Gasteiger partial charge in [0.05, 0.1) is 6.10 Å². The molecule has 5 nitrogen and oxygen atoms in total. The molecule has 5 heteroatoms. The Hall–Kier alpha value is -1.59. The van der Waals surface area contributed by atoms with Crippen LogP contribution in [0, 0.1) is 0 Å². The van der Waals surface area contributed by atoms with Crippen molar-refractivity contribution in [2.24, 2.45) is 0 Å². The number of ether oxygens (including phenoxy) is 2. The number of hydrogen-bond acceptors (Lipinski definition) is 4. The van der Waals surface area contributed by atoms with Gasteiger partial charge in [-0.3, -0.25) is 0 Å². The lowest BCUT2D eigenvalue weighted by molar-refractivity contribution is 0.00430. The number of benzene rings is 1. The molecule has 1 aromatic rings. The van der Waals surface area contributed by atoms with E-state index in [9.17, 15) is 4.79 Å². The minimum atomic E-state index is -0.225. The van der Waals surface area contributed by atoms with Crippen LogP contribution in [0.2, 0.25) is 0 Å². The summed E-state index contributed by atoms with van der Waals surface area (Å²) in [6.07, 6.45) is 2.85. The first-order valence-corrected chi connectivity index (χ1v) is 8.01. The number of carbonyl (C=O) groups is 1. The average Bonchev–Trinajstić information content (AvgIpc) is 2.58. The molecule has 1 aliphatic rings. The summed E-state index contributed by atoms with van der Waals surface area (Å²) in [6.45, 7) is 3.52. The molecule has 22 heavy (non-hydrogen) atoms. The van der Waals surface area contributed by atoms with Crippen LogP contribution in [0.5, 0.6) is 0 Å². The number of nitrogens with zero attached hydrogens (tertiary/aromatic N) is 1. The van der Waals surface area contributed by atoms with Crippen molar-refractivity contribution < 1.29 is 14.3 Å². The van der Waals surface area contributed by atoms with Crippen molar-refractivity contribution in [3.05, 3.63) is 35.9 Å². The third kappa shape index (κ3) is 5.66. The summed E-state index contributed by atoms with van der Waals surface area (Å²) in [4.78, 5) is 13.8. The summed E-state index contributed by atoms with van der Waals surface area (Å²) in [5.41, 5.74) is 1.01. The van der Waals surface area contributed by atoms with Crippen molar-refractivity contribution in [3.8, 4) is 0 Å². The van der Waals surface area contributed by atoms with Crippen LogP contribution in [0.3, 0.4) is 0 Å². The van der Waals surface area contributed by atoms with Crippen LogP contribution in [-0.2, 0) is 16.1 Å². The van der Waals surface area contributed by atoms with E-state index < -0.39 is 0 Å². The molecular weight excluding hydrogens is 280 g/mol. The minimum absolute atomic E-state index is 0.225. The highest BCUT2D eigenvalue weighted by atomic mass is 16.6. The molecule has 1 heterocycles. The third-order valence-electron chi connectivity index (χ3n) is 3.83. The molecule has 2 rings (SSSR count). The lowest BCUT2D eigenvalue weighted by atomic mass is 10.1. The van der Waals surface area contributed by atoms with E-state index in [2.05, 4.69) is 5.32 Å². The lowest BCUT2D eigenvalue weighted by Gasteiger charge is -2.31. The molecule has 0 atom stereocenters. The molecule has 122 valence electrons. The molecule has 1 N–H and O–H groups in total. The van der Waals surface area contributed by atoms with Crippen LogP contribution in [-0.4, -0.2) is 50.4 Å². The van der Waals surface area contributed by atoms with Gasteiger partial charge in [-0.15, -0.1) is 0 Å². The quantitative estimate of drug-likeness (QED) is 0.786. The number of piperidine rings is 1. The lowest BCUT2D eigenvalue weighted by Crippen LogP contribution is -2.41. The Kier molecular flexibility index (Phi) is 7.19. The minimum Gasteiger partial charge on any atom is -0.445 e. The number of carbonyl (C=O) groups excluding carboxylic acids is 1. The van der Waals surface area contributed by atoms with E-state index in [1.807, 2.05) is 37.4 Å². The smallest absolute Gasteiger partial charge is 0.410 e. The predicted octanol–water partition coefficient (Wildman–Crippen LogP) is 2.41. The number of amides is 1. The molecule has 0 aliphatic carbocycles. The highest BCUT2D eigenvalue weighted by Gasteiger charge is 2.24. The first-order chi connectivity index (χ1) is 10.8. The first kappa shape index (κ1) is 16.8. The number of likely N-dealkylation sites (tertiary alicyclic amines) is 1. The van der Waals surface area contributed by atoms with Crippen molar-refractivity contribution in [2.45, 2.75) is 32.0 Å². The second kappa shape index (κ2) is 9.43. The normalized spacial score (nSPS) is 15.8. The molecule has 0 saturated carbocycles. The van der Waals surface area contributed by atoms with E-state index in [0.29, 0.717) is 19.7 Å². The highest BCUT2D eigenvalue weighted by Crippen LogP contribution is 2.15. The van der Waals surface area contributed by atoms with Gasteiger partial charge in [-0.25, -0.2) is 4.79 Å². The summed E-state index contributed by atoms with van der Waals surface area (Å²) in [7, 11) is 1.94. The predicted molar refractivity (Wildman–Crippen MR) is 85.7 cm³/mol. The fraction of sp³-hybridized carbons (Fsp3) is 0.588. The van der Waals surface area contributed by atoms with E-state index in [1.54, 1.807) is 4.90 Å². The molecule has 1 aliphatic heterocycles. The molecular formula is C17H26N2O3. The molecule has 1 aromatic carbocycles. The fourth-order valence-corrected chi connectivity index (χ4v) is 2.51. The molecule has 1 saturated heterocycles. The zero-order valence-electron chi connectivity index (χ0n) is 13.3.